The lowest BCUT2D eigenvalue weighted by atomic mass is 9.89. The van der Waals surface area contributed by atoms with Crippen molar-refractivity contribution in [2.24, 2.45) is 0 Å². The number of nitrogens with zero attached hydrogens (tertiary/aromatic N) is 2. The number of aryl methyl sites for hydroxylation is 3. The standard InChI is InChI=1S/C19H26N4OS/c1-3-6-17-21-22-19(25)23(17)12-18(24)20-13(2)15-10-9-14-7-4-5-8-16(14)11-15/h9-11,13H,3-8,12H2,1-2H3,(H,20,24)(H,22,25). The van der Waals surface area contributed by atoms with Crippen molar-refractivity contribution in [3.8, 4) is 0 Å². The van der Waals surface area contributed by atoms with Crippen LogP contribution in [-0.2, 0) is 30.6 Å². The zero-order valence-electron chi connectivity index (χ0n) is 15.0. The fourth-order valence-electron chi connectivity index (χ4n) is 3.46. The summed E-state index contributed by atoms with van der Waals surface area (Å²) in [7, 11) is 0. The van der Waals surface area contributed by atoms with Crippen molar-refractivity contribution in [3.05, 3.63) is 45.5 Å². The molecule has 0 spiro atoms. The van der Waals surface area contributed by atoms with Crippen LogP contribution >= 0.6 is 12.2 Å². The highest BCUT2D eigenvalue weighted by molar-refractivity contribution is 7.71. The van der Waals surface area contributed by atoms with Crippen LogP contribution in [0.2, 0.25) is 0 Å². The molecule has 5 nitrogen and oxygen atoms in total. The first-order chi connectivity index (χ1) is 12.1. The Morgan fingerprint density at radius 1 is 1.36 bits per heavy atom. The summed E-state index contributed by atoms with van der Waals surface area (Å²) in [5.41, 5.74) is 4.06. The molecule has 0 bridgehead atoms. The molecule has 1 unspecified atom stereocenters. The maximum atomic E-state index is 12.5. The maximum absolute atomic E-state index is 12.5. The van der Waals surface area contributed by atoms with E-state index in [4.69, 9.17) is 12.2 Å². The van der Waals surface area contributed by atoms with Crippen molar-refractivity contribution >= 4 is 18.1 Å². The molecule has 0 saturated carbocycles. The lowest BCUT2D eigenvalue weighted by Gasteiger charge is -2.20. The summed E-state index contributed by atoms with van der Waals surface area (Å²) < 4.78 is 2.29. The number of fused-ring (bicyclic) bond motifs is 1. The molecule has 1 amide bonds. The summed E-state index contributed by atoms with van der Waals surface area (Å²) >= 11 is 5.24. The number of amides is 1. The highest BCUT2D eigenvalue weighted by Crippen LogP contribution is 2.24. The van der Waals surface area contributed by atoms with Gasteiger partial charge in [-0.1, -0.05) is 25.1 Å². The number of carbonyl (C=O) groups is 1. The Morgan fingerprint density at radius 3 is 2.88 bits per heavy atom. The average Bonchev–Trinajstić information content (AvgIpc) is 2.95. The minimum absolute atomic E-state index is 0.0181. The number of H-pyrrole nitrogens is 1. The first kappa shape index (κ1) is 17.9. The molecule has 3 rings (SSSR count). The Kier molecular flexibility index (Phi) is 5.68. The van der Waals surface area contributed by atoms with Gasteiger partial charge < -0.3 is 5.32 Å². The summed E-state index contributed by atoms with van der Waals surface area (Å²) in [5.74, 6) is 0.796. The second-order valence-electron chi connectivity index (χ2n) is 6.81. The Hall–Kier alpha value is -1.95. The van der Waals surface area contributed by atoms with E-state index in [0.29, 0.717) is 4.77 Å². The van der Waals surface area contributed by atoms with E-state index in [1.807, 2.05) is 6.92 Å². The van der Waals surface area contributed by atoms with E-state index >= 15 is 0 Å². The fraction of sp³-hybridized carbons (Fsp3) is 0.526. The molecule has 1 heterocycles. The van der Waals surface area contributed by atoms with Crippen molar-refractivity contribution in [1.82, 2.24) is 20.1 Å². The van der Waals surface area contributed by atoms with Gasteiger partial charge in [0.1, 0.15) is 12.4 Å². The van der Waals surface area contributed by atoms with E-state index in [2.05, 4.69) is 40.6 Å². The molecule has 0 saturated heterocycles. The number of hydrogen-bond donors (Lipinski definition) is 2. The second kappa shape index (κ2) is 7.95. The van der Waals surface area contributed by atoms with E-state index < -0.39 is 0 Å². The minimum atomic E-state index is -0.0416. The van der Waals surface area contributed by atoms with Crippen LogP contribution in [0.15, 0.2) is 18.2 Å². The maximum Gasteiger partial charge on any atom is 0.240 e. The van der Waals surface area contributed by atoms with Crippen molar-refractivity contribution in [3.63, 3.8) is 0 Å². The van der Waals surface area contributed by atoms with Gasteiger partial charge in [-0.2, -0.15) is 5.10 Å². The summed E-state index contributed by atoms with van der Waals surface area (Å²) in [6.07, 6.45) is 6.64. The summed E-state index contributed by atoms with van der Waals surface area (Å²) in [6.45, 7) is 4.32. The molecule has 25 heavy (non-hydrogen) atoms. The van der Waals surface area contributed by atoms with Gasteiger partial charge in [0, 0.05) is 6.42 Å². The molecular weight excluding hydrogens is 332 g/mol. The Labute approximate surface area is 153 Å². The average molecular weight is 359 g/mol. The number of nitrogens with one attached hydrogen (secondary N) is 2. The molecule has 1 aliphatic rings. The van der Waals surface area contributed by atoms with Crippen LogP contribution in [0.4, 0.5) is 0 Å². The van der Waals surface area contributed by atoms with Gasteiger partial charge in [0.05, 0.1) is 6.04 Å². The van der Waals surface area contributed by atoms with Crippen molar-refractivity contribution < 1.29 is 4.79 Å². The van der Waals surface area contributed by atoms with Gasteiger partial charge in [0.2, 0.25) is 5.91 Å². The summed E-state index contributed by atoms with van der Waals surface area (Å²) in [5, 5.41) is 10.1. The summed E-state index contributed by atoms with van der Waals surface area (Å²) in [6, 6.07) is 6.60. The minimum Gasteiger partial charge on any atom is -0.348 e. The fourth-order valence-corrected chi connectivity index (χ4v) is 3.68. The Balaban J connectivity index is 1.67. The van der Waals surface area contributed by atoms with Crippen LogP contribution in [0.25, 0.3) is 0 Å². The monoisotopic (exact) mass is 358 g/mol. The second-order valence-corrected chi connectivity index (χ2v) is 7.19. The van der Waals surface area contributed by atoms with E-state index in [9.17, 15) is 4.79 Å². The van der Waals surface area contributed by atoms with Gasteiger partial charge in [-0.3, -0.25) is 14.5 Å². The Morgan fingerprint density at radius 2 is 2.12 bits per heavy atom. The van der Waals surface area contributed by atoms with Crippen molar-refractivity contribution in [2.75, 3.05) is 0 Å². The number of rotatable bonds is 6. The van der Waals surface area contributed by atoms with Crippen LogP contribution in [0, 0.1) is 4.77 Å². The number of aromatic amines is 1. The molecule has 2 N–H and O–H groups in total. The molecule has 0 radical (unpaired) electrons. The van der Waals surface area contributed by atoms with Gasteiger partial charge >= 0.3 is 0 Å². The third-order valence-corrected chi connectivity index (χ3v) is 5.17. The number of benzene rings is 1. The van der Waals surface area contributed by atoms with E-state index in [-0.39, 0.29) is 18.5 Å². The molecule has 1 aromatic carbocycles. The van der Waals surface area contributed by atoms with Gasteiger partial charge in [-0.05, 0) is 67.9 Å². The van der Waals surface area contributed by atoms with Crippen LogP contribution in [0.3, 0.4) is 0 Å². The zero-order chi connectivity index (χ0) is 17.8. The van der Waals surface area contributed by atoms with Gasteiger partial charge in [0.25, 0.3) is 0 Å². The first-order valence-corrected chi connectivity index (χ1v) is 9.54. The zero-order valence-corrected chi connectivity index (χ0v) is 15.8. The Bertz CT molecular complexity index is 808. The summed E-state index contributed by atoms with van der Waals surface area (Å²) in [4.78, 5) is 12.5. The lowest BCUT2D eigenvalue weighted by molar-refractivity contribution is -0.122. The highest BCUT2D eigenvalue weighted by Gasteiger charge is 2.15. The quantitative estimate of drug-likeness (QED) is 0.775. The molecule has 1 atom stereocenters. The lowest BCUT2D eigenvalue weighted by Crippen LogP contribution is -2.30. The van der Waals surface area contributed by atoms with Gasteiger partial charge in [-0.15, -0.1) is 0 Å². The smallest absolute Gasteiger partial charge is 0.240 e. The largest absolute Gasteiger partial charge is 0.348 e. The van der Waals surface area contributed by atoms with Gasteiger partial charge in [-0.25, -0.2) is 0 Å². The number of carbonyl (C=O) groups excluding carboxylic acids is 1. The predicted molar refractivity (Wildman–Crippen MR) is 101 cm³/mol. The van der Waals surface area contributed by atoms with Crippen LogP contribution in [0.5, 0.6) is 0 Å². The van der Waals surface area contributed by atoms with Crippen LogP contribution in [0.1, 0.15) is 61.7 Å². The van der Waals surface area contributed by atoms with E-state index in [1.165, 1.54) is 36.0 Å². The molecular formula is C19H26N4OS. The topological polar surface area (TPSA) is 62.7 Å². The van der Waals surface area contributed by atoms with E-state index in [1.54, 1.807) is 4.57 Å². The molecule has 2 aromatic rings. The number of aromatic nitrogens is 3. The van der Waals surface area contributed by atoms with Crippen molar-refractivity contribution in [2.45, 2.75) is 65.0 Å². The number of hydrogen-bond acceptors (Lipinski definition) is 3. The van der Waals surface area contributed by atoms with Crippen molar-refractivity contribution in [1.29, 1.82) is 0 Å². The molecule has 0 fully saturated rings. The van der Waals surface area contributed by atoms with Gasteiger partial charge in [0.15, 0.2) is 4.77 Å². The molecule has 0 aliphatic heterocycles. The van der Waals surface area contributed by atoms with Crippen LogP contribution in [-0.4, -0.2) is 20.7 Å². The SMILES string of the molecule is CCCc1n[nH]c(=S)n1CC(=O)NC(C)c1ccc2c(c1)CCCC2. The molecule has 1 aromatic heterocycles. The molecule has 1 aliphatic carbocycles. The normalized spacial score (nSPS) is 14.8. The highest BCUT2D eigenvalue weighted by atomic mass is 32.1. The third-order valence-electron chi connectivity index (χ3n) is 4.86. The first-order valence-electron chi connectivity index (χ1n) is 9.13. The van der Waals surface area contributed by atoms with Crippen LogP contribution < -0.4 is 5.32 Å². The third kappa shape index (κ3) is 4.18. The predicted octanol–water partition coefficient (Wildman–Crippen LogP) is 3.65. The molecule has 134 valence electrons. The van der Waals surface area contributed by atoms with E-state index in [0.717, 1.165) is 25.1 Å². The molecule has 6 heteroatoms.